The number of rotatable bonds is 5. The van der Waals surface area contributed by atoms with Crippen LogP contribution in [0.3, 0.4) is 0 Å². The predicted octanol–water partition coefficient (Wildman–Crippen LogP) is 2.45. The Kier molecular flexibility index (Phi) is 5.00. The number of nitrogens with one attached hydrogen (secondary N) is 1. The highest BCUT2D eigenvalue weighted by molar-refractivity contribution is 7.92. The van der Waals surface area contributed by atoms with E-state index in [0.717, 1.165) is 0 Å². The topological polar surface area (TPSA) is 70.0 Å². The minimum absolute atomic E-state index is 0.0298. The van der Waals surface area contributed by atoms with E-state index in [-0.39, 0.29) is 12.3 Å². The molecule has 0 heterocycles. The number of halogens is 1. The zero-order valence-electron chi connectivity index (χ0n) is 10.3. The molecule has 98 valence electrons. The molecule has 0 aliphatic rings. The van der Waals surface area contributed by atoms with Gasteiger partial charge in [0.05, 0.1) is 22.3 Å². The first kappa shape index (κ1) is 14.8. The molecular weight excluding hydrogens is 272 g/mol. The lowest BCUT2D eigenvalue weighted by Crippen LogP contribution is -2.23. The van der Waals surface area contributed by atoms with Gasteiger partial charge in [-0.15, -0.1) is 0 Å². The molecule has 0 radical (unpaired) electrons. The Labute approximate surface area is 112 Å². The Bertz CT molecular complexity index is 562. The van der Waals surface area contributed by atoms with Crippen molar-refractivity contribution in [1.82, 2.24) is 0 Å². The third kappa shape index (κ3) is 3.90. The third-order valence-corrected chi connectivity index (χ3v) is 4.97. The van der Waals surface area contributed by atoms with Crippen LogP contribution in [0.4, 0.5) is 5.69 Å². The first-order valence-electron chi connectivity index (χ1n) is 5.52. The van der Waals surface area contributed by atoms with Gasteiger partial charge < -0.3 is 5.32 Å². The molecule has 18 heavy (non-hydrogen) atoms. The fourth-order valence-electron chi connectivity index (χ4n) is 1.32. The normalized spacial score (nSPS) is 11.3. The molecule has 6 heteroatoms. The van der Waals surface area contributed by atoms with Gasteiger partial charge in [-0.2, -0.15) is 5.26 Å². The van der Waals surface area contributed by atoms with Gasteiger partial charge in [-0.1, -0.05) is 11.6 Å². The van der Waals surface area contributed by atoms with Gasteiger partial charge in [0, 0.05) is 11.6 Å². The van der Waals surface area contributed by atoms with Crippen LogP contribution < -0.4 is 5.32 Å². The van der Waals surface area contributed by atoms with Gasteiger partial charge in [-0.25, -0.2) is 8.42 Å². The van der Waals surface area contributed by atoms with Gasteiger partial charge in [0.1, 0.15) is 6.07 Å². The lowest BCUT2D eigenvalue weighted by atomic mass is 10.2. The molecule has 4 nitrogen and oxygen atoms in total. The highest BCUT2D eigenvalue weighted by atomic mass is 35.5. The molecule has 0 bridgehead atoms. The molecule has 0 atom stereocenters. The van der Waals surface area contributed by atoms with Crippen LogP contribution >= 0.6 is 11.6 Å². The molecule has 1 aromatic rings. The molecule has 1 rings (SSSR count). The van der Waals surface area contributed by atoms with Crippen LogP contribution in [0, 0.1) is 11.3 Å². The maximum Gasteiger partial charge on any atom is 0.154 e. The number of hydrogen-bond donors (Lipinski definition) is 1. The monoisotopic (exact) mass is 286 g/mol. The second-order valence-corrected chi connectivity index (χ2v) is 7.26. The Morgan fingerprint density at radius 3 is 2.67 bits per heavy atom. The van der Waals surface area contributed by atoms with E-state index in [1.807, 2.05) is 6.07 Å². The average Bonchev–Trinajstić information content (AvgIpc) is 2.29. The SMILES string of the molecule is CC(C)S(=O)(=O)CCNc1cc(Cl)ccc1C#N. The lowest BCUT2D eigenvalue weighted by Gasteiger charge is -2.10. The van der Waals surface area contributed by atoms with Gasteiger partial charge >= 0.3 is 0 Å². The van der Waals surface area contributed by atoms with Crippen molar-refractivity contribution in [3.8, 4) is 6.07 Å². The minimum atomic E-state index is -3.08. The second kappa shape index (κ2) is 6.07. The summed E-state index contributed by atoms with van der Waals surface area (Å²) in [7, 11) is -3.08. The molecule has 0 unspecified atom stereocenters. The molecule has 0 aliphatic heterocycles. The summed E-state index contributed by atoms with van der Waals surface area (Å²) < 4.78 is 23.2. The van der Waals surface area contributed by atoms with Crippen LogP contribution in [-0.2, 0) is 9.84 Å². The minimum Gasteiger partial charge on any atom is -0.383 e. The molecule has 1 N–H and O–H groups in total. The predicted molar refractivity (Wildman–Crippen MR) is 73.6 cm³/mol. The Morgan fingerprint density at radius 2 is 2.11 bits per heavy atom. The second-order valence-electron chi connectivity index (χ2n) is 4.14. The number of sulfone groups is 1. The van der Waals surface area contributed by atoms with Crippen molar-refractivity contribution in [3.63, 3.8) is 0 Å². The van der Waals surface area contributed by atoms with Gasteiger partial charge in [0.15, 0.2) is 9.84 Å². The number of nitrogens with zero attached hydrogens (tertiary/aromatic N) is 1. The number of hydrogen-bond acceptors (Lipinski definition) is 4. The van der Waals surface area contributed by atoms with Crippen molar-refractivity contribution in [2.75, 3.05) is 17.6 Å². The summed E-state index contributed by atoms with van der Waals surface area (Å²) in [4.78, 5) is 0. The molecule has 0 aromatic heterocycles. The van der Waals surface area contributed by atoms with Crippen LogP contribution in [0.2, 0.25) is 5.02 Å². The fourth-order valence-corrected chi connectivity index (χ4v) is 2.35. The number of benzene rings is 1. The van der Waals surface area contributed by atoms with E-state index in [1.54, 1.807) is 32.0 Å². The van der Waals surface area contributed by atoms with E-state index in [1.165, 1.54) is 0 Å². The quantitative estimate of drug-likeness (QED) is 0.902. The first-order chi connectivity index (χ1) is 8.36. The Morgan fingerprint density at radius 1 is 1.44 bits per heavy atom. The van der Waals surface area contributed by atoms with Gasteiger partial charge in [-0.05, 0) is 32.0 Å². The van der Waals surface area contributed by atoms with Crippen molar-refractivity contribution >= 4 is 27.1 Å². The smallest absolute Gasteiger partial charge is 0.154 e. The maximum atomic E-state index is 11.6. The largest absolute Gasteiger partial charge is 0.383 e. The summed E-state index contributed by atoms with van der Waals surface area (Å²) in [6, 6.07) is 6.86. The van der Waals surface area contributed by atoms with Gasteiger partial charge in [-0.3, -0.25) is 0 Å². The van der Waals surface area contributed by atoms with Gasteiger partial charge in [0.2, 0.25) is 0 Å². The van der Waals surface area contributed by atoms with Crippen LogP contribution in [0.25, 0.3) is 0 Å². The summed E-state index contributed by atoms with van der Waals surface area (Å²) in [5.41, 5.74) is 1.00. The van der Waals surface area contributed by atoms with E-state index < -0.39 is 15.1 Å². The van der Waals surface area contributed by atoms with Crippen molar-refractivity contribution in [2.45, 2.75) is 19.1 Å². The molecule has 0 saturated heterocycles. The summed E-state index contributed by atoms with van der Waals surface area (Å²) in [6.07, 6.45) is 0. The van der Waals surface area contributed by atoms with Crippen LogP contribution in [0.5, 0.6) is 0 Å². The number of anilines is 1. The van der Waals surface area contributed by atoms with E-state index in [9.17, 15) is 8.42 Å². The van der Waals surface area contributed by atoms with E-state index in [2.05, 4.69) is 5.32 Å². The zero-order valence-corrected chi connectivity index (χ0v) is 11.8. The van der Waals surface area contributed by atoms with Crippen molar-refractivity contribution in [1.29, 1.82) is 5.26 Å². The molecular formula is C12H15ClN2O2S. The van der Waals surface area contributed by atoms with E-state index in [0.29, 0.717) is 16.3 Å². The molecule has 0 amide bonds. The third-order valence-electron chi connectivity index (χ3n) is 2.52. The summed E-state index contributed by atoms with van der Waals surface area (Å²) in [5, 5.41) is 11.9. The zero-order chi connectivity index (χ0) is 13.8. The number of nitriles is 1. The fraction of sp³-hybridized carbons (Fsp3) is 0.417. The molecule has 0 fully saturated rings. The maximum absolute atomic E-state index is 11.6. The van der Waals surface area contributed by atoms with Crippen molar-refractivity contribution in [3.05, 3.63) is 28.8 Å². The average molecular weight is 287 g/mol. The summed E-state index contributed by atoms with van der Waals surface area (Å²) in [5.74, 6) is 0.0298. The van der Waals surface area contributed by atoms with Crippen LogP contribution in [0.15, 0.2) is 18.2 Å². The van der Waals surface area contributed by atoms with Crippen LogP contribution in [-0.4, -0.2) is 26.0 Å². The first-order valence-corrected chi connectivity index (χ1v) is 7.61. The van der Waals surface area contributed by atoms with E-state index >= 15 is 0 Å². The van der Waals surface area contributed by atoms with E-state index in [4.69, 9.17) is 16.9 Å². The lowest BCUT2D eigenvalue weighted by molar-refractivity contribution is 0.588. The highest BCUT2D eigenvalue weighted by Gasteiger charge is 2.15. The highest BCUT2D eigenvalue weighted by Crippen LogP contribution is 2.20. The van der Waals surface area contributed by atoms with Crippen molar-refractivity contribution in [2.24, 2.45) is 0 Å². The molecule has 0 spiro atoms. The van der Waals surface area contributed by atoms with Gasteiger partial charge in [0.25, 0.3) is 0 Å². The molecule has 1 aromatic carbocycles. The molecule has 0 saturated carbocycles. The Balaban J connectivity index is 2.71. The summed E-state index contributed by atoms with van der Waals surface area (Å²) in [6.45, 7) is 3.56. The standard InChI is InChI=1S/C12H15ClN2O2S/c1-9(2)18(16,17)6-5-15-12-7-11(13)4-3-10(12)8-14/h3-4,7,9,15H,5-6H2,1-2H3. The molecule has 0 aliphatic carbocycles. The van der Waals surface area contributed by atoms with Crippen LogP contribution in [0.1, 0.15) is 19.4 Å². The van der Waals surface area contributed by atoms with Crippen molar-refractivity contribution < 1.29 is 8.42 Å². The summed E-state index contributed by atoms with van der Waals surface area (Å²) >= 11 is 5.83. The Hall–Kier alpha value is -1.25.